The first-order valence-corrected chi connectivity index (χ1v) is 6.64. The minimum absolute atomic E-state index is 0.171. The Bertz CT molecular complexity index is 416. The van der Waals surface area contributed by atoms with E-state index in [4.69, 9.17) is 0 Å². The lowest BCUT2D eigenvalue weighted by atomic mass is 9.91. The molecule has 1 unspecified atom stereocenters. The topological polar surface area (TPSA) is 20.3 Å². The fraction of sp³-hybridized carbons (Fsp3) is 0.462. The quantitative estimate of drug-likeness (QED) is 0.734. The highest BCUT2D eigenvalue weighted by atomic mass is 32.2. The molecule has 0 radical (unpaired) electrons. The average molecular weight is 235 g/mol. The van der Waals surface area contributed by atoms with Crippen LogP contribution in [0.3, 0.4) is 0 Å². The Labute approximate surface area is 101 Å². The zero-order chi connectivity index (χ0) is 11.7. The first-order valence-electron chi connectivity index (χ1n) is 5.66. The second kappa shape index (κ2) is 4.50. The van der Waals surface area contributed by atoms with Gasteiger partial charge in [-0.1, -0.05) is 26.0 Å². The van der Waals surface area contributed by atoms with Gasteiger partial charge in [-0.05, 0) is 23.3 Å². The van der Waals surface area contributed by atoms with E-state index in [1.165, 1.54) is 5.56 Å². The van der Waals surface area contributed by atoms with Crippen molar-refractivity contribution >= 4 is 17.7 Å². The summed E-state index contributed by atoms with van der Waals surface area (Å²) in [5.74, 6) is 1.61. The third kappa shape index (κ3) is 1.84. The summed E-state index contributed by atoms with van der Waals surface area (Å²) in [6, 6.07) is 6.20. The highest BCUT2D eigenvalue weighted by Gasteiger charge is 2.28. The summed E-state index contributed by atoms with van der Waals surface area (Å²) >= 11 is 1.75. The summed E-state index contributed by atoms with van der Waals surface area (Å²) in [4.78, 5) is 15.1. The number of likely N-dealkylation sites (N-methyl/N-ethyl adjacent to an activating group) is 1. The summed E-state index contributed by atoms with van der Waals surface area (Å²) in [5.41, 5.74) is 2.14. The average Bonchev–Trinajstić information content (AvgIpc) is 2.26. The molecule has 0 N–H and O–H groups in total. The van der Waals surface area contributed by atoms with E-state index >= 15 is 0 Å². The van der Waals surface area contributed by atoms with Crippen molar-refractivity contribution in [1.82, 2.24) is 4.90 Å². The molecule has 0 saturated heterocycles. The molecule has 2 nitrogen and oxygen atoms in total. The van der Waals surface area contributed by atoms with Gasteiger partial charge in [0.2, 0.25) is 0 Å². The van der Waals surface area contributed by atoms with E-state index in [0.29, 0.717) is 5.92 Å². The van der Waals surface area contributed by atoms with Crippen LogP contribution in [0.25, 0.3) is 0 Å². The van der Waals surface area contributed by atoms with Crippen LogP contribution in [0, 0.1) is 0 Å². The second-order valence-electron chi connectivity index (χ2n) is 4.24. The molecule has 2 rings (SSSR count). The number of carbonyl (C=O) groups excluding carboxylic acids is 1. The molecule has 0 fully saturated rings. The van der Waals surface area contributed by atoms with Crippen molar-refractivity contribution in [2.45, 2.75) is 24.7 Å². The van der Waals surface area contributed by atoms with Crippen molar-refractivity contribution in [2.24, 2.45) is 0 Å². The van der Waals surface area contributed by atoms with Crippen LogP contribution in [-0.4, -0.2) is 30.2 Å². The van der Waals surface area contributed by atoms with E-state index < -0.39 is 0 Å². The van der Waals surface area contributed by atoms with Crippen molar-refractivity contribution in [3.63, 3.8) is 0 Å². The summed E-state index contributed by atoms with van der Waals surface area (Å²) in [7, 11) is 1.88. The van der Waals surface area contributed by atoms with Gasteiger partial charge in [-0.2, -0.15) is 0 Å². The SMILES string of the molecule is CCSc1cccc2c1C(=O)N(C)CC2C. The fourth-order valence-corrected chi connectivity index (χ4v) is 3.08. The maximum Gasteiger partial charge on any atom is 0.255 e. The monoisotopic (exact) mass is 235 g/mol. The number of hydrogen-bond donors (Lipinski definition) is 0. The lowest BCUT2D eigenvalue weighted by Crippen LogP contribution is -2.36. The van der Waals surface area contributed by atoms with Gasteiger partial charge in [0.25, 0.3) is 5.91 Å². The zero-order valence-electron chi connectivity index (χ0n) is 9.99. The van der Waals surface area contributed by atoms with Crippen LogP contribution in [-0.2, 0) is 0 Å². The first kappa shape index (κ1) is 11.5. The van der Waals surface area contributed by atoms with E-state index in [0.717, 1.165) is 22.8 Å². The van der Waals surface area contributed by atoms with Crippen molar-refractivity contribution in [2.75, 3.05) is 19.3 Å². The summed E-state index contributed by atoms with van der Waals surface area (Å²) < 4.78 is 0. The van der Waals surface area contributed by atoms with Crippen molar-refractivity contribution in [3.05, 3.63) is 29.3 Å². The number of hydrogen-bond acceptors (Lipinski definition) is 2. The van der Waals surface area contributed by atoms with Crippen LogP contribution >= 0.6 is 11.8 Å². The number of thioether (sulfide) groups is 1. The Balaban J connectivity index is 2.53. The van der Waals surface area contributed by atoms with E-state index in [2.05, 4.69) is 32.0 Å². The molecule has 0 aromatic heterocycles. The number of fused-ring (bicyclic) bond motifs is 1. The molecule has 1 heterocycles. The molecule has 3 heteroatoms. The molecule has 1 aliphatic rings. The molecule has 0 aliphatic carbocycles. The molecule has 1 aliphatic heterocycles. The van der Waals surface area contributed by atoms with Gasteiger partial charge in [0.15, 0.2) is 0 Å². The predicted octanol–water partition coefficient (Wildman–Crippen LogP) is 2.99. The van der Waals surface area contributed by atoms with Gasteiger partial charge in [-0.3, -0.25) is 4.79 Å². The van der Waals surface area contributed by atoms with E-state index in [1.54, 1.807) is 11.8 Å². The summed E-state index contributed by atoms with van der Waals surface area (Å²) in [5, 5.41) is 0. The van der Waals surface area contributed by atoms with Crippen LogP contribution in [0.5, 0.6) is 0 Å². The summed E-state index contributed by atoms with van der Waals surface area (Å²) in [6.07, 6.45) is 0. The van der Waals surface area contributed by atoms with Crippen LogP contribution in [0.4, 0.5) is 0 Å². The van der Waals surface area contributed by atoms with Gasteiger partial charge >= 0.3 is 0 Å². The maximum atomic E-state index is 12.2. The van der Waals surface area contributed by atoms with Crippen LogP contribution in [0.15, 0.2) is 23.1 Å². The van der Waals surface area contributed by atoms with Crippen LogP contribution < -0.4 is 0 Å². The van der Waals surface area contributed by atoms with Crippen LogP contribution in [0.1, 0.15) is 35.7 Å². The van der Waals surface area contributed by atoms with Crippen LogP contribution in [0.2, 0.25) is 0 Å². The molecule has 16 heavy (non-hydrogen) atoms. The number of benzene rings is 1. The van der Waals surface area contributed by atoms with Gasteiger partial charge in [0, 0.05) is 18.5 Å². The molecule has 1 atom stereocenters. The first-order chi connectivity index (χ1) is 7.65. The minimum Gasteiger partial charge on any atom is -0.341 e. The largest absolute Gasteiger partial charge is 0.341 e. The van der Waals surface area contributed by atoms with E-state index in [-0.39, 0.29) is 5.91 Å². The lowest BCUT2D eigenvalue weighted by Gasteiger charge is -2.31. The Morgan fingerprint density at radius 1 is 1.50 bits per heavy atom. The van der Waals surface area contributed by atoms with Gasteiger partial charge in [0.1, 0.15) is 0 Å². The van der Waals surface area contributed by atoms with Gasteiger partial charge in [-0.25, -0.2) is 0 Å². The highest BCUT2D eigenvalue weighted by Crippen LogP contribution is 2.33. The smallest absolute Gasteiger partial charge is 0.255 e. The molecule has 0 bridgehead atoms. The highest BCUT2D eigenvalue weighted by molar-refractivity contribution is 7.99. The minimum atomic E-state index is 0.171. The predicted molar refractivity (Wildman–Crippen MR) is 68.2 cm³/mol. The second-order valence-corrected chi connectivity index (χ2v) is 5.55. The van der Waals surface area contributed by atoms with Gasteiger partial charge in [-0.15, -0.1) is 11.8 Å². The molecular formula is C13H17NOS. The number of carbonyl (C=O) groups is 1. The summed E-state index contributed by atoms with van der Waals surface area (Å²) in [6.45, 7) is 5.12. The van der Waals surface area contributed by atoms with Gasteiger partial charge < -0.3 is 4.90 Å². The molecule has 0 saturated carbocycles. The van der Waals surface area contributed by atoms with E-state index in [9.17, 15) is 4.79 Å². The fourth-order valence-electron chi connectivity index (χ4n) is 2.25. The Hall–Kier alpha value is -0.960. The standard InChI is InChI=1S/C13H17NOS/c1-4-16-11-7-5-6-10-9(2)8-14(3)13(15)12(10)11/h5-7,9H,4,8H2,1-3H3. The normalized spacial score (nSPS) is 19.8. The number of nitrogens with zero attached hydrogens (tertiary/aromatic N) is 1. The molecule has 86 valence electrons. The molecule has 1 aromatic rings. The molecular weight excluding hydrogens is 218 g/mol. The molecule has 1 amide bonds. The Morgan fingerprint density at radius 3 is 2.94 bits per heavy atom. The lowest BCUT2D eigenvalue weighted by molar-refractivity contribution is 0.0764. The van der Waals surface area contributed by atoms with E-state index in [1.807, 2.05) is 11.9 Å². The van der Waals surface area contributed by atoms with Crippen molar-refractivity contribution in [3.8, 4) is 0 Å². The zero-order valence-corrected chi connectivity index (χ0v) is 10.8. The Morgan fingerprint density at radius 2 is 2.25 bits per heavy atom. The number of rotatable bonds is 2. The molecule has 0 spiro atoms. The third-order valence-corrected chi connectivity index (χ3v) is 3.94. The van der Waals surface area contributed by atoms with Crippen molar-refractivity contribution < 1.29 is 4.79 Å². The Kier molecular flexibility index (Phi) is 3.24. The van der Waals surface area contributed by atoms with Crippen molar-refractivity contribution in [1.29, 1.82) is 0 Å². The maximum absolute atomic E-state index is 12.2. The molecule has 1 aromatic carbocycles. The third-order valence-electron chi connectivity index (χ3n) is 3.00. The number of amides is 1. The van der Waals surface area contributed by atoms with Gasteiger partial charge in [0.05, 0.1) is 5.56 Å².